The van der Waals surface area contributed by atoms with Crippen molar-refractivity contribution in [2.24, 2.45) is 0 Å². The highest BCUT2D eigenvalue weighted by Gasteiger charge is 2.28. The smallest absolute Gasteiger partial charge is 0.338 e. The summed E-state index contributed by atoms with van der Waals surface area (Å²) < 4.78 is 5.55. The number of carboxylic acid groups (broad SMARTS) is 1. The van der Waals surface area contributed by atoms with Crippen LogP contribution in [0, 0.1) is 10.1 Å². The lowest BCUT2D eigenvalue weighted by molar-refractivity contribution is -0.384. The highest BCUT2D eigenvalue weighted by Crippen LogP contribution is 2.33. The van der Waals surface area contributed by atoms with E-state index in [1.165, 1.54) is 18.2 Å². The van der Waals surface area contributed by atoms with Gasteiger partial charge in [0.1, 0.15) is 5.69 Å². The van der Waals surface area contributed by atoms with Gasteiger partial charge in [0.25, 0.3) is 5.69 Å². The highest BCUT2D eigenvalue weighted by molar-refractivity contribution is 5.97. The molecule has 0 saturated carbocycles. The second kappa shape index (κ2) is 6.53. The van der Waals surface area contributed by atoms with Crippen molar-refractivity contribution in [2.45, 2.75) is 25.9 Å². The van der Waals surface area contributed by atoms with Crippen LogP contribution in [0.3, 0.4) is 0 Å². The molecule has 1 aliphatic rings. The lowest BCUT2D eigenvalue weighted by atomic mass is 10.1. The van der Waals surface area contributed by atoms with Crippen molar-refractivity contribution in [1.82, 2.24) is 0 Å². The Morgan fingerprint density at radius 2 is 2.33 bits per heavy atom. The quantitative estimate of drug-likeness (QED) is 0.639. The van der Waals surface area contributed by atoms with Gasteiger partial charge in [0.2, 0.25) is 0 Å². The molecule has 1 heterocycles. The fraction of sp³-hybridized carbons (Fsp3) is 0.500. The van der Waals surface area contributed by atoms with E-state index in [2.05, 4.69) is 0 Å². The molecular weight excluding hydrogens is 276 g/mol. The summed E-state index contributed by atoms with van der Waals surface area (Å²) in [5.41, 5.74) is -0.0770. The Hall–Kier alpha value is -2.15. The van der Waals surface area contributed by atoms with Crippen LogP contribution in [-0.4, -0.2) is 41.8 Å². The van der Waals surface area contributed by atoms with Crippen LogP contribution in [0.15, 0.2) is 18.2 Å². The largest absolute Gasteiger partial charge is 0.478 e. The summed E-state index contributed by atoms with van der Waals surface area (Å²) in [5, 5.41) is 20.5. The highest BCUT2D eigenvalue weighted by atomic mass is 16.6. The average Bonchev–Trinajstić information content (AvgIpc) is 2.96. The van der Waals surface area contributed by atoms with E-state index in [1.807, 2.05) is 6.92 Å². The number of carbonyl (C=O) groups is 1. The van der Waals surface area contributed by atoms with Crippen molar-refractivity contribution in [2.75, 3.05) is 24.6 Å². The first kappa shape index (κ1) is 15.2. The molecule has 0 spiro atoms. The number of para-hydroxylation sites is 1. The Bertz CT molecular complexity index is 508. The number of benzene rings is 1. The molecule has 0 aliphatic carbocycles. The van der Waals surface area contributed by atoms with Gasteiger partial charge in [-0.1, -0.05) is 6.07 Å². The molecule has 7 nitrogen and oxygen atoms in total. The predicted molar refractivity (Wildman–Crippen MR) is 76.9 cm³/mol. The van der Waals surface area contributed by atoms with Crippen LogP contribution in [0.4, 0.5) is 11.4 Å². The van der Waals surface area contributed by atoms with Gasteiger partial charge in [-0.2, -0.15) is 0 Å². The third-order valence-electron chi connectivity index (χ3n) is 3.59. The van der Waals surface area contributed by atoms with Crippen molar-refractivity contribution in [3.05, 3.63) is 33.9 Å². The number of nitro benzene ring substituents is 1. The van der Waals surface area contributed by atoms with Crippen LogP contribution in [-0.2, 0) is 4.74 Å². The van der Waals surface area contributed by atoms with Gasteiger partial charge in [0, 0.05) is 25.8 Å². The van der Waals surface area contributed by atoms with Gasteiger partial charge in [-0.3, -0.25) is 10.1 Å². The van der Waals surface area contributed by atoms with Crippen molar-refractivity contribution in [3.63, 3.8) is 0 Å². The summed E-state index contributed by atoms with van der Waals surface area (Å²) in [6, 6.07) is 4.12. The lowest BCUT2D eigenvalue weighted by Crippen LogP contribution is -2.33. The number of rotatable bonds is 6. The number of anilines is 1. The average molecular weight is 294 g/mol. The minimum atomic E-state index is -1.17. The van der Waals surface area contributed by atoms with Gasteiger partial charge in [-0.25, -0.2) is 4.79 Å². The molecule has 1 atom stereocenters. The molecule has 1 aliphatic heterocycles. The number of nitro groups is 1. The van der Waals surface area contributed by atoms with Crippen molar-refractivity contribution in [3.8, 4) is 0 Å². The number of likely N-dealkylation sites (N-methyl/N-ethyl adjacent to an activating group) is 1. The maximum atomic E-state index is 11.4. The van der Waals surface area contributed by atoms with Crippen LogP contribution in [0.1, 0.15) is 30.1 Å². The van der Waals surface area contributed by atoms with Crippen LogP contribution in [0.5, 0.6) is 0 Å². The van der Waals surface area contributed by atoms with Gasteiger partial charge >= 0.3 is 5.97 Å². The molecular formula is C14H18N2O5. The number of aromatic carboxylic acids is 1. The van der Waals surface area contributed by atoms with Crippen molar-refractivity contribution >= 4 is 17.3 Å². The first-order valence-electron chi connectivity index (χ1n) is 6.91. The molecule has 2 rings (SSSR count). The van der Waals surface area contributed by atoms with Crippen LogP contribution in [0.25, 0.3) is 0 Å². The van der Waals surface area contributed by atoms with Crippen molar-refractivity contribution < 1.29 is 19.6 Å². The second-order valence-electron chi connectivity index (χ2n) is 4.91. The van der Waals surface area contributed by atoms with E-state index < -0.39 is 10.9 Å². The zero-order valence-electron chi connectivity index (χ0n) is 11.8. The normalized spacial score (nSPS) is 17.7. The minimum absolute atomic E-state index is 0.00796. The van der Waals surface area contributed by atoms with Crippen LogP contribution < -0.4 is 4.90 Å². The molecule has 1 saturated heterocycles. The number of ether oxygens (including phenoxy) is 1. The Kier molecular flexibility index (Phi) is 4.74. The second-order valence-corrected chi connectivity index (χ2v) is 4.91. The van der Waals surface area contributed by atoms with Gasteiger partial charge in [-0.05, 0) is 25.8 Å². The van der Waals surface area contributed by atoms with Gasteiger partial charge in [-0.15, -0.1) is 0 Å². The van der Waals surface area contributed by atoms with E-state index in [9.17, 15) is 20.0 Å². The summed E-state index contributed by atoms with van der Waals surface area (Å²) >= 11 is 0. The SMILES string of the molecule is CCN(CC1CCCO1)c1c(C(=O)O)cccc1[N+](=O)[O-]. The van der Waals surface area contributed by atoms with E-state index in [1.54, 1.807) is 4.90 Å². The van der Waals surface area contributed by atoms with Crippen molar-refractivity contribution in [1.29, 1.82) is 0 Å². The van der Waals surface area contributed by atoms with Gasteiger partial charge < -0.3 is 14.7 Å². The molecule has 7 heteroatoms. The zero-order valence-corrected chi connectivity index (χ0v) is 11.8. The standard InChI is InChI=1S/C14H18N2O5/c1-2-15(9-10-5-4-8-21-10)13-11(14(17)18)6-3-7-12(13)16(19)20/h3,6-7,10H,2,4-5,8-9H2,1H3,(H,17,18). The van der Waals surface area contributed by atoms with E-state index >= 15 is 0 Å². The van der Waals surface area contributed by atoms with E-state index in [-0.39, 0.29) is 23.0 Å². The fourth-order valence-electron chi connectivity index (χ4n) is 2.60. The molecule has 0 aromatic heterocycles. The fourth-order valence-corrected chi connectivity index (χ4v) is 2.60. The van der Waals surface area contributed by atoms with Crippen LogP contribution >= 0.6 is 0 Å². The number of hydrogen-bond acceptors (Lipinski definition) is 5. The maximum absolute atomic E-state index is 11.4. The van der Waals surface area contributed by atoms with Gasteiger partial charge in [0.05, 0.1) is 16.6 Å². The summed E-state index contributed by atoms with van der Waals surface area (Å²) in [4.78, 5) is 23.8. The van der Waals surface area contributed by atoms with E-state index in [0.29, 0.717) is 19.7 Å². The molecule has 21 heavy (non-hydrogen) atoms. The molecule has 114 valence electrons. The molecule has 0 amide bonds. The summed E-state index contributed by atoms with van der Waals surface area (Å²) in [6.07, 6.45) is 1.84. The van der Waals surface area contributed by atoms with E-state index in [0.717, 1.165) is 12.8 Å². The van der Waals surface area contributed by atoms with Crippen LogP contribution in [0.2, 0.25) is 0 Å². The van der Waals surface area contributed by atoms with Gasteiger partial charge in [0.15, 0.2) is 0 Å². The first-order chi connectivity index (χ1) is 10.0. The molecule has 1 aromatic rings. The minimum Gasteiger partial charge on any atom is -0.478 e. The summed E-state index contributed by atoms with van der Waals surface area (Å²) in [6.45, 7) is 3.47. The number of hydrogen-bond donors (Lipinski definition) is 1. The Balaban J connectivity index is 2.41. The predicted octanol–water partition coefficient (Wildman–Crippen LogP) is 2.30. The lowest BCUT2D eigenvalue weighted by Gasteiger charge is -2.26. The summed E-state index contributed by atoms with van der Waals surface area (Å²) in [5.74, 6) is -1.17. The maximum Gasteiger partial charge on any atom is 0.338 e. The topological polar surface area (TPSA) is 92.9 Å². The third-order valence-corrected chi connectivity index (χ3v) is 3.59. The van der Waals surface area contributed by atoms with E-state index in [4.69, 9.17) is 4.74 Å². The first-order valence-corrected chi connectivity index (χ1v) is 6.91. The molecule has 1 aromatic carbocycles. The Morgan fingerprint density at radius 3 is 2.86 bits per heavy atom. The molecule has 1 unspecified atom stereocenters. The summed E-state index contributed by atoms with van der Waals surface area (Å²) in [7, 11) is 0. The molecule has 0 radical (unpaired) electrons. The monoisotopic (exact) mass is 294 g/mol. The number of nitrogens with zero attached hydrogens (tertiary/aromatic N) is 2. The Labute approximate surface area is 122 Å². The molecule has 1 fully saturated rings. The zero-order chi connectivity index (χ0) is 15.4. The number of carboxylic acids is 1. The Morgan fingerprint density at radius 1 is 1.57 bits per heavy atom. The molecule has 1 N–H and O–H groups in total. The third kappa shape index (κ3) is 3.30. The molecule has 0 bridgehead atoms.